The van der Waals surface area contributed by atoms with Crippen LogP contribution in [-0.2, 0) is 4.74 Å². The van der Waals surface area contributed by atoms with Gasteiger partial charge in [0.15, 0.2) is 0 Å². The molecule has 0 unspecified atom stereocenters. The van der Waals surface area contributed by atoms with E-state index in [1.807, 2.05) is 6.92 Å². The molecule has 0 aliphatic rings. The number of nitrogens with one attached hydrogen (secondary N) is 1. The summed E-state index contributed by atoms with van der Waals surface area (Å²) in [5.74, 6) is 0. The van der Waals surface area contributed by atoms with Crippen LogP contribution in [0.25, 0.3) is 0 Å². The zero-order valence-electron chi connectivity index (χ0n) is 6.50. The summed E-state index contributed by atoms with van der Waals surface area (Å²) in [4.78, 5) is 9.79. The van der Waals surface area contributed by atoms with E-state index in [0.29, 0.717) is 0 Å². The van der Waals surface area contributed by atoms with Gasteiger partial charge in [0.05, 0.1) is 6.61 Å². The lowest BCUT2D eigenvalue weighted by Crippen LogP contribution is -2.16. The summed E-state index contributed by atoms with van der Waals surface area (Å²) in [6.45, 7) is 4.00. The fourth-order valence-corrected chi connectivity index (χ4v) is 0.533. The van der Waals surface area contributed by atoms with Crippen LogP contribution in [-0.4, -0.2) is 31.0 Å². The van der Waals surface area contributed by atoms with E-state index in [0.717, 1.165) is 19.5 Å². The molecule has 5 heteroatoms. The van der Waals surface area contributed by atoms with E-state index in [2.05, 4.69) is 10.1 Å². The topological polar surface area (TPSA) is 58.6 Å². The average Bonchev–Trinajstić information content (AvgIpc) is 1.87. The summed E-state index contributed by atoms with van der Waals surface area (Å²) in [6.07, 6.45) is -0.461. The maximum absolute atomic E-state index is 9.79. The number of ether oxygens (including phenoxy) is 1. The lowest BCUT2D eigenvalue weighted by molar-refractivity contribution is 0.0907. The van der Waals surface area contributed by atoms with Gasteiger partial charge in [-0.3, -0.25) is 0 Å². The first-order valence-corrected chi connectivity index (χ1v) is 3.33. The minimum Gasteiger partial charge on any atom is -0.450 e. The monoisotopic (exact) mass is 183 g/mol. The van der Waals surface area contributed by atoms with Crippen LogP contribution in [0.1, 0.15) is 13.3 Å². The Morgan fingerprint density at radius 2 is 2.27 bits per heavy atom. The highest BCUT2D eigenvalue weighted by Crippen LogP contribution is 1.80. The molecule has 4 nitrogen and oxygen atoms in total. The van der Waals surface area contributed by atoms with Gasteiger partial charge in [-0.1, -0.05) is 6.92 Å². The van der Waals surface area contributed by atoms with E-state index in [1.165, 1.54) is 0 Å². The van der Waals surface area contributed by atoms with Gasteiger partial charge in [-0.25, -0.2) is 4.79 Å². The Morgan fingerprint density at radius 1 is 1.64 bits per heavy atom. The highest BCUT2D eigenvalue weighted by Gasteiger charge is 1.93. The Balaban J connectivity index is 0. The van der Waals surface area contributed by atoms with Gasteiger partial charge < -0.3 is 15.2 Å². The van der Waals surface area contributed by atoms with Gasteiger partial charge in [-0.2, -0.15) is 0 Å². The quantitative estimate of drug-likeness (QED) is 0.495. The molecule has 0 heterocycles. The van der Waals surface area contributed by atoms with Crippen molar-refractivity contribution in [1.29, 1.82) is 0 Å². The number of hydrogen-bond acceptors (Lipinski definition) is 3. The molecule has 2 N–H and O–H groups in total. The second-order valence-corrected chi connectivity index (χ2v) is 1.82. The third kappa shape index (κ3) is 12.7. The number of carbonyl (C=O) groups is 1. The molecule has 0 saturated carbocycles. The van der Waals surface area contributed by atoms with Crippen LogP contribution in [0.15, 0.2) is 0 Å². The van der Waals surface area contributed by atoms with Gasteiger partial charge in [0.25, 0.3) is 0 Å². The SMILES string of the molecule is CCNCCCOC(=O)O.Cl. The number of hydrogen-bond donors (Lipinski definition) is 2. The Morgan fingerprint density at radius 3 is 2.73 bits per heavy atom. The first-order valence-electron chi connectivity index (χ1n) is 3.33. The molecule has 0 rings (SSSR count). The minimum atomic E-state index is -1.20. The van der Waals surface area contributed by atoms with Crippen molar-refractivity contribution in [2.45, 2.75) is 13.3 Å². The van der Waals surface area contributed by atoms with Crippen molar-refractivity contribution in [2.75, 3.05) is 19.7 Å². The summed E-state index contributed by atoms with van der Waals surface area (Å²) in [5, 5.41) is 11.1. The van der Waals surface area contributed by atoms with Crippen molar-refractivity contribution in [2.24, 2.45) is 0 Å². The number of carboxylic acid groups (broad SMARTS) is 1. The fourth-order valence-electron chi connectivity index (χ4n) is 0.533. The average molecular weight is 184 g/mol. The molecule has 0 radical (unpaired) electrons. The first-order chi connectivity index (χ1) is 4.77. The van der Waals surface area contributed by atoms with Gasteiger partial charge in [-0.15, -0.1) is 12.4 Å². The molecule has 0 aliphatic carbocycles. The smallest absolute Gasteiger partial charge is 0.450 e. The summed E-state index contributed by atoms with van der Waals surface area (Å²) in [5.41, 5.74) is 0. The van der Waals surface area contributed by atoms with E-state index in [-0.39, 0.29) is 19.0 Å². The zero-order valence-corrected chi connectivity index (χ0v) is 7.32. The van der Waals surface area contributed by atoms with Crippen molar-refractivity contribution in [3.63, 3.8) is 0 Å². The predicted octanol–water partition coefficient (Wildman–Crippen LogP) is 1.10. The van der Waals surface area contributed by atoms with Crippen molar-refractivity contribution in [3.05, 3.63) is 0 Å². The number of halogens is 1. The van der Waals surface area contributed by atoms with E-state index in [4.69, 9.17) is 5.11 Å². The normalized spacial score (nSPS) is 8.45. The maximum Gasteiger partial charge on any atom is 0.505 e. The van der Waals surface area contributed by atoms with Crippen LogP contribution in [0.4, 0.5) is 4.79 Å². The molecule has 0 fully saturated rings. The van der Waals surface area contributed by atoms with Gasteiger partial charge in [0, 0.05) is 0 Å². The molecule has 0 aromatic rings. The van der Waals surface area contributed by atoms with E-state index in [9.17, 15) is 4.79 Å². The molecule has 0 atom stereocenters. The Labute approximate surface area is 72.3 Å². The first kappa shape index (κ1) is 13.1. The Bertz CT molecular complexity index is 99.8. The number of rotatable bonds is 5. The predicted molar refractivity (Wildman–Crippen MR) is 44.4 cm³/mol. The molecular weight excluding hydrogens is 170 g/mol. The van der Waals surface area contributed by atoms with Crippen molar-refractivity contribution in [3.8, 4) is 0 Å². The molecule has 0 amide bonds. The second kappa shape index (κ2) is 9.52. The van der Waals surface area contributed by atoms with Gasteiger partial charge in [-0.05, 0) is 19.5 Å². The van der Waals surface area contributed by atoms with Crippen LogP contribution in [0.3, 0.4) is 0 Å². The molecule has 0 aromatic heterocycles. The lowest BCUT2D eigenvalue weighted by Gasteiger charge is -2.00. The van der Waals surface area contributed by atoms with Crippen LogP contribution in [0, 0.1) is 0 Å². The van der Waals surface area contributed by atoms with Crippen molar-refractivity contribution in [1.82, 2.24) is 5.32 Å². The molecule has 11 heavy (non-hydrogen) atoms. The fraction of sp³-hybridized carbons (Fsp3) is 0.833. The second-order valence-electron chi connectivity index (χ2n) is 1.82. The molecule has 0 aromatic carbocycles. The van der Waals surface area contributed by atoms with Crippen LogP contribution >= 0.6 is 12.4 Å². The van der Waals surface area contributed by atoms with E-state index < -0.39 is 6.16 Å². The summed E-state index contributed by atoms with van der Waals surface area (Å²) >= 11 is 0. The third-order valence-corrected chi connectivity index (χ3v) is 0.973. The highest BCUT2D eigenvalue weighted by molar-refractivity contribution is 5.85. The van der Waals surface area contributed by atoms with Crippen LogP contribution < -0.4 is 5.32 Å². The Hall–Kier alpha value is -0.480. The van der Waals surface area contributed by atoms with Crippen LogP contribution in [0.5, 0.6) is 0 Å². The van der Waals surface area contributed by atoms with Crippen molar-refractivity contribution < 1.29 is 14.6 Å². The molecule has 0 aliphatic heterocycles. The summed E-state index contributed by atoms with van der Waals surface area (Å²) in [6, 6.07) is 0. The highest BCUT2D eigenvalue weighted by atomic mass is 35.5. The van der Waals surface area contributed by atoms with Crippen LogP contribution in [0.2, 0.25) is 0 Å². The van der Waals surface area contributed by atoms with Gasteiger partial charge in [0.2, 0.25) is 0 Å². The Kier molecular flexibility index (Phi) is 11.4. The van der Waals surface area contributed by atoms with Gasteiger partial charge in [0.1, 0.15) is 0 Å². The largest absolute Gasteiger partial charge is 0.505 e. The molecule has 0 bridgehead atoms. The molecule has 0 saturated heterocycles. The van der Waals surface area contributed by atoms with E-state index >= 15 is 0 Å². The minimum absolute atomic E-state index is 0. The lowest BCUT2D eigenvalue weighted by atomic mass is 10.4. The zero-order chi connectivity index (χ0) is 7.82. The standard InChI is InChI=1S/C6H13NO3.ClH/c1-2-7-4-3-5-10-6(8)9;/h7H,2-5H2,1H3,(H,8,9);1H. The third-order valence-electron chi connectivity index (χ3n) is 0.973. The van der Waals surface area contributed by atoms with Gasteiger partial charge >= 0.3 is 6.16 Å². The maximum atomic E-state index is 9.79. The molecule has 68 valence electrons. The summed E-state index contributed by atoms with van der Waals surface area (Å²) < 4.78 is 4.27. The molecular formula is C6H14ClNO3. The molecule has 0 spiro atoms. The summed E-state index contributed by atoms with van der Waals surface area (Å²) in [7, 11) is 0. The van der Waals surface area contributed by atoms with Crippen molar-refractivity contribution >= 4 is 18.6 Å². The van der Waals surface area contributed by atoms with E-state index in [1.54, 1.807) is 0 Å².